The number of Topliss-reactive ketones (excluding diaryl/α,β-unsaturated/α-hetero) is 2. The molecule has 0 aromatic heterocycles. The maximum atomic E-state index is 11.7. The molecule has 1 aromatic rings. The van der Waals surface area contributed by atoms with Crippen molar-refractivity contribution in [2.75, 3.05) is 19.0 Å². The molecular formula is C13H17NO2. The summed E-state index contributed by atoms with van der Waals surface area (Å²) in [6.45, 7) is 3.29. The summed E-state index contributed by atoms with van der Waals surface area (Å²) in [5, 5.41) is 0. The molecule has 0 atom stereocenters. The minimum Gasteiger partial charge on any atom is -0.377 e. The second kappa shape index (κ2) is 4.92. The summed E-state index contributed by atoms with van der Waals surface area (Å²) >= 11 is 0. The zero-order valence-electron chi connectivity index (χ0n) is 10.2. The topological polar surface area (TPSA) is 37.4 Å². The van der Waals surface area contributed by atoms with Crippen LogP contribution in [0.4, 0.5) is 5.69 Å². The number of nitrogens with zero attached hydrogens (tertiary/aromatic N) is 1. The fourth-order valence-corrected chi connectivity index (χ4v) is 1.71. The molecule has 1 rings (SSSR count). The fraction of sp³-hybridized carbons (Fsp3) is 0.385. The van der Waals surface area contributed by atoms with Crippen LogP contribution in [-0.2, 0) is 0 Å². The normalized spacial score (nSPS) is 10.0. The molecule has 3 nitrogen and oxygen atoms in total. The summed E-state index contributed by atoms with van der Waals surface area (Å²) in [6, 6.07) is 5.38. The van der Waals surface area contributed by atoms with Gasteiger partial charge in [0, 0.05) is 31.8 Å². The van der Waals surface area contributed by atoms with Gasteiger partial charge in [0.25, 0.3) is 0 Å². The molecule has 86 valence electrons. The van der Waals surface area contributed by atoms with Crippen LogP contribution in [0.3, 0.4) is 0 Å². The van der Waals surface area contributed by atoms with E-state index in [0.29, 0.717) is 17.5 Å². The van der Waals surface area contributed by atoms with Crippen molar-refractivity contribution < 1.29 is 9.59 Å². The first-order valence-corrected chi connectivity index (χ1v) is 5.33. The van der Waals surface area contributed by atoms with Crippen LogP contribution < -0.4 is 4.90 Å². The van der Waals surface area contributed by atoms with E-state index >= 15 is 0 Å². The number of anilines is 1. The van der Waals surface area contributed by atoms with E-state index in [1.54, 1.807) is 13.0 Å². The van der Waals surface area contributed by atoms with Crippen LogP contribution in [0.2, 0.25) is 0 Å². The third-order valence-corrected chi connectivity index (χ3v) is 2.50. The molecule has 0 amide bonds. The lowest BCUT2D eigenvalue weighted by molar-refractivity contribution is 0.0966. The van der Waals surface area contributed by atoms with Crippen LogP contribution in [0.1, 0.15) is 41.0 Å². The lowest BCUT2D eigenvalue weighted by atomic mass is 9.97. The molecule has 0 spiro atoms. The molecule has 1 aromatic carbocycles. The van der Waals surface area contributed by atoms with Crippen molar-refractivity contribution in [3.8, 4) is 0 Å². The van der Waals surface area contributed by atoms with Crippen LogP contribution in [0.25, 0.3) is 0 Å². The Bertz CT molecular complexity index is 422. The van der Waals surface area contributed by atoms with Gasteiger partial charge in [-0.05, 0) is 13.0 Å². The summed E-state index contributed by atoms with van der Waals surface area (Å²) in [4.78, 5) is 25.2. The van der Waals surface area contributed by atoms with Gasteiger partial charge in [-0.25, -0.2) is 0 Å². The Morgan fingerprint density at radius 2 is 1.88 bits per heavy atom. The molecule has 0 heterocycles. The van der Waals surface area contributed by atoms with Gasteiger partial charge < -0.3 is 4.90 Å². The third kappa shape index (κ3) is 2.30. The van der Waals surface area contributed by atoms with Gasteiger partial charge in [0.15, 0.2) is 11.6 Å². The van der Waals surface area contributed by atoms with E-state index in [1.807, 2.05) is 31.1 Å². The Kier molecular flexibility index (Phi) is 3.82. The van der Waals surface area contributed by atoms with E-state index in [4.69, 9.17) is 0 Å². The van der Waals surface area contributed by atoms with Crippen LogP contribution in [0.15, 0.2) is 18.2 Å². The highest BCUT2D eigenvalue weighted by Gasteiger charge is 2.17. The minimum atomic E-state index is -0.0684. The van der Waals surface area contributed by atoms with Crippen molar-refractivity contribution in [2.45, 2.75) is 20.3 Å². The van der Waals surface area contributed by atoms with Gasteiger partial charge in [-0.2, -0.15) is 0 Å². The Balaban J connectivity index is 3.44. The Morgan fingerprint density at radius 3 is 2.31 bits per heavy atom. The van der Waals surface area contributed by atoms with Crippen molar-refractivity contribution in [3.05, 3.63) is 29.3 Å². The monoisotopic (exact) mass is 219 g/mol. The molecule has 0 aliphatic rings. The highest BCUT2D eigenvalue weighted by atomic mass is 16.1. The smallest absolute Gasteiger partial charge is 0.163 e. The van der Waals surface area contributed by atoms with Gasteiger partial charge in [0.1, 0.15) is 0 Å². The predicted octanol–water partition coefficient (Wildman–Crippen LogP) is 2.55. The first-order valence-electron chi connectivity index (χ1n) is 5.33. The second-order valence-electron chi connectivity index (χ2n) is 3.93. The molecule has 0 saturated heterocycles. The molecule has 3 heteroatoms. The number of carbonyl (C=O) groups excluding carboxylic acids is 2. The molecule has 0 saturated carbocycles. The van der Waals surface area contributed by atoms with E-state index in [1.165, 1.54) is 6.92 Å². The van der Waals surface area contributed by atoms with E-state index in [0.717, 1.165) is 5.69 Å². The van der Waals surface area contributed by atoms with Crippen LogP contribution in [0.5, 0.6) is 0 Å². The molecule has 16 heavy (non-hydrogen) atoms. The lowest BCUT2D eigenvalue weighted by Crippen LogP contribution is -2.16. The van der Waals surface area contributed by atoms with E-state index in [9.17, 15) is 9.59 Å². The molecule has 0 aliphatic heterocycles. The highest BCUT2D eigenvalue weighted by molar-refractivity contribution is 6.11. The summed E-state index contributed by atoms with van der Waals surface area (Å²) in [6.07, 6.45) is 0.414. The molecule has 0 N–H and O–H groups in total. The van der Waals surface area contributed by atoms with Gasteiger partial charge in [-0.15, -0.1) is 0 Å². The van der Waals surface area contributed by atoms with Crippen molar-refractivity contribution >= 4 is 17.3 Å². The number of benzene rings is 1. The van der Waals surface area contributed by atoms with Crippen molar-refractivity contribution in [3.63, 3.8) is 0 Å². The number of ketones is 2. The Morgan fingerprint density at radius 1 is 1.25 bits per heavy atom. The second-order valence-corrected chi connectivity index (χ2v) is 3.93. The Hall–Kier alpha value is -1.64. The number of hydrogen-bond donors (Lipinski definition) is 0. The fourth-order valence-electron chi connectivity index (χ4n) is 1.71. The zero-order valence-corrected chi connectivity index (χ0v) is 10.2. The maximum absolute atomic E-state index is 11.7. The summed E-state index contributed by atoms with van der Waals surface area (Å²) in [5.41, 5.74) is 1.85. The summed E-state index contributed by atoms with van der Waals surface area (Å²) in [7, 11) is 3.73. The van der Waals surface area contributed by atoms with Crippen LogP contribution >= 0.6 is 0 Å². The van der Waals surface area contributed by atoms with Gasteiger partial charge in [0.05, 0.1) is 5.56 Å². The largest absolute Gasteiger partial charge is 0.377 e. The SMILES string of the molecule is CCC(=O)c1cccc(N(C)C)c1C(C)=O. The molecular weight excluding hydrogens is 202 g/mol. The highest BCUT2D eigenvalue weighted by Crippen LogP contribution is 2.24. The van der Waals surface area contributed by atoms with Gasteiger partial charge in [-0.3, -0.25) is 9.59 Å². The lowest BCUT2D eigenvalue weighted by Gasteiger charge is -2.18. The average molecular weight is 219 g/mol. The van der Waals surface area contributed by atoms with Gasteiger partial charge in [0.2, 0.25) is 0 Å². The van der Waals surface area contributed by atoms with Gasteiger partial charge in [-0.1, -0.05) is 19.1 Å². The van der Waals surface area contributed by atoms with Crippen molar-refractivity contribution in [2.24, 2.45) is 0 Å². The third-order valence-electron chi connectivity index (χ3n) is 2.50. The van der Waals surface area contributed by atoms with E-state index < -0.39 is 0 Å². The number of hydrogen-bond acceptors (Lipinski definition) is 3. The molecule has 0 radical (unpaired) electrons. The minimum absolute atomic E-state index is 0.00824. The first-order chi connectivity index (χ1) is 7.49. The zero-order chi connectivity index (χ0) is 12.3. The maximum Gasteiger partial charge on any atom is 0.163 e. The summed E-state index contributed by atoms with van der Waals surface area (Å²) < 4.78 is 0. The molecule has 0 bridgehead atoms. The van der Waals surface area contributed by atoms with Crippen molar-refractivity contribution in [1.29, 1.82) is 0 Å². The Labute approximate surface area is 96.1 Å². The van der Waals surface area contributed by atoms with E-state index in [-0.39, 0.29) is 11.6 Å². The molecule has 0 unspecified atom stereocenters. The molecule has 0 aliphatic carbocycles. The predicted molar refractivity (Wildman–Crippen MR) is 65.4 cm³/mol. The number of rotatable bonds is 4. The van der Waals surface area contributed by atoms with Crippen LogP contribution in [-0.4, -0.2) is 25.7 Å². The average Bonchev–Trinajstić information content (AvgIpc) is 2.26. The molecule has 0 fully saturated rings. The first kappa shape index (κ1) is 12.4. The standard InChI is InChI=1S/C13H17NO2/c1-5-12(16)10-7-6-8-11(14(3)4)13(10)9(2)15/h6-8H,5H2,1-4H3. The quantitative estimate of drug-likeness (QED) is 0.730. The van der Waals surface area contributed by atoms with Gasteiger partial charge >= 0.3 is 0 Å². The summed E-state index contributed by atoms with van der Waals surface area (Å²) in [5.74, 6) is -0.0602. The van der Waals surface area contributed by atoms with Crippen molar-refractivity contribution in [1.82, 2.24) is 0 Å². The van der Waals surface area contributed by atoms with Crippen LogP contribution in [0, 0.1) is 0 Å². The van der Waals surface area contributed by atoms with E-state index in [2.05, 4.69) is 0 Å². The number of carbonyl (C=O) groups is 2.